The second-order valence-corrected chi connectivity index (χ2v) is 9.50. The fraction of sp³-hybridized carbons (Fsp3) is 0.333. The van der Waals surface area contributed by atoms with Crippen molar-refractivity contribution in [2.75, 3.05) is 18.2 Å². The molecular weight excluding hydrogens is 474 g/mol. The lowest BCUT2D eigenvalue weighted by molar-refractivity contribution is -0.113. The molecule has 1 unspecified atom stereocenters. The first-order valence-corrected chi connectivity index (χ1v) is 12.1. The van der Waals surface area contributed by atoms with Gasteiger partial charge in [0.15, 0.2) is 11.0 Å². The first kappa shape index (κ1) is 25.6. The molecule has 0 aliphatic carbocycles. The summed E-state index contributed by atoms with van der Waals surface area (Å²) >= 11 is 7.30. The quantitative estimate of drug-likeness (QED) is 0.414. The number of anilines is 1. The summed E-state index contributed by atoms with van der Waals surface area (Å²) in [6.07, 6.45) is 0. The van der Waals surface area contributed by atoms with Crippen LogP contribution in [-0.4, -0.2) is 39.4 Å². The Morgan fingerprint density at radius 3 is 2.50 bits per heavy atom. The molecule has 1 aromatic heterocycles. The van der Waals surface area contributed by atoms with E-state index in [1.807, 2.05) is 38.5 Å². The smallest absolute Gasteiger partial charge is 0.251 e. The van der Waals surface area contributed by atoms with Crippen LogP contribution >= 0.6 is 23.4 Å². The Morgan fingerprint density at radius 1 is 1.15 bits per heavy atom. The molecule has 0 aliphatic heterocycles. The summed E-state index contributed by atoms with van der Waals surface area (Å²) < 4.78 is 6.96. The van der Waals surface area contributed by atoms with Crippen molar-refractivity contribution in [2.45, 2.75) is 32.0 Å². The van der Waals surface area contributed by atoms with Gasteiger partial charge in [-0.25, -0.2) is 0 Å². The summed E-state index contributed by atoms with van der Waals surface area (Å²) in [6, 6.07) is 11.9. The molecule has 2 amide bonds. The zero-order valence-electron chi connectivity index (χ0n) is 19.8. The van der Waals surface area contributed by atoms with Crippen LogP contribution in [0.25, 0.3) is 0 Å². The zero-order valence-corrected chi connectivity index (χ0v) is 21.3. The second-order valence-electron chi connectivity index (χ2n) is 8.12. The lowest BCUT2D eigenvalue weighted by atomic mass is 10.0. The average Bonchev–Trinajstić information content (AvgIpc) is 3.18. The van der Waals surface area contributed by atoms with E-state index in [0.29, 0.717) is 33.0 Å². The third-order valence-electron chi connectivity index (χ3n) is 5.26. The first-order chi connectivity index (χ1) is 16.2. The number of benzene rings is 2. The summed E-state index contributed by atoms with van der Waals surface area (Å²) in [5, 5.41) is 15.6. The number of nitrogens with zero attached hydrogens (tertiary/aromatic N) is 3. The molecule has 0 bridgehead atoms. The minimum absolute atomic E-state index is 0.0667. The molecule has 0 fully saturated rings. The molecule has 0 saturated carbocycles. The largest absolute Gasteiger partial charge is 0.497 e. The van der Waals surface area contributed by atoms with Crippen LogP contribution in [0.5, 0.6) is 5.75 Å². The van der Waals surface area contributed by atoms with Gasteiger partial charge in [0.2, 0.25) is 5.91 Å². The van der Waals surface area contributed by atoms with Gasteiger partial charge in [0.05, 0.1) is 18.9 Å². The van der Waals surface area contributed by atoms with E-state index in [2.05, 4.69) is 20.8 Å². The molecule has 10 heteroatoms. The number of aryl methyl sites for hydroxylation is 1. The topological polar surface area (TPSA) is 98.1 Å². The van der Waals surface area contributed by atoms with E-state index in [9.17, 15) is 9.59 Å². The number of carbonyl (C=O) groups excluding carboxylic acids is 2. The second kappa shape index (κ2) is 11.4. The molecule has 2 N–H and O–H groups in total. The van der Waals surface area contributed by atoms with Crippen LogP contribution in [0.1, 0.15) is 41.6 Å². The maximum Gasteiger partial charge on any atom is 0.251 e. The van der Waals surface area contributed by atoms with E-state index in [1.54, 1.807) is 43.5 Å². The number of aromatic nitrogens is 3. The fourth-order valence-electron chi connectivity index (χ4n) is 3.26. The summed E-state index contributed by atoms with van der Waals surface area (Å²) in [6.45, 7) is 5.91. The number of hydrogen-bond donors (Lipinski definition) is 2. The van der Waals surface area contributed by atoms with Gasteiger partial charge >= 0.3 is 0 Å². The van der Waals surface area contributed by atoms with Crippen molar-refractivity contribution in [1.82, 2.24) is 20.1 Å². The van der Waals surface area contributed by atoms with Crippen LogP contribution in [0.2, 0.25) is 5.02 Å². The van der Waals surface area contributed by atoms with E-state index in [-0.39, 0.29) is 29.5 Å². The molecular formula is C24H28ClN5O3S. The number of rotatable bonds is 9. The molecule has 3 aromatic rings. The molecule has 0 saturated heterocycles. The zero-order chi connectivity index (χ0) is 24.8. The monoisotopic (exact) mass is 501 g/mol. The maximum absolute atomic E-state index is 12.8. The Hall–Kier alpha value is -3.04. The summed E-state index contributed by atoms with van der Waals surface area (Å²) in [4.78, 5) is 25.3. The molecule has 1 atom stereocenters. The van der Waals surface area contributed by atoms with Crippen molar-refractivity contribution >= 4 is 40.9 Å². The van der Waals surface area contributed by atoms with Crippen molar-refractivity contribution < 1.29 is 14.3 Å². The number of hydrogen-bond acceptors (Lipinski definition) is 6. The molecule has 0 radical (unpaired) electrons. The van der Waals surface area contributed by atoms with Gasteiger partial charge in [0.1, 0.15) is 5.75 Å². The Kier molecular flexibility index (Phi) is 8.57. The van der Waals surface area contributed by atoms with Crippen molar-refractivity contribution in [3.8, 4) is 5.75 Å². The van der Waals surface area contributed by atoms with Crippen molar-refractivity contribution in [1.29, 1.82) is 0 Å². The highest BCUT2D eigenvalue weighted by Crippen LogP contribution is 2.25. The predicted octanol–water partition coefficient (Wildman–Crippen LogP) is 4.64. The van der Waals surface area contributed by atoms with E-state index in [4.69, 9.17) is 16.3 Å². The van der Waals surface area contributed by atoms with E-state index < -0.39 is 0 Å². The van der Waals surface area contributed by atoms with Crippen LogP contribution in [0, 0.1) is 12.8 Å². The fourth-order valence-corrected chi connectivity index (χ4v) is 4.15. The normalized spacial score (nSPS) is 11.9. The minimum Gasteiger partial charge on any atom is -0.497 e. The molecule has 0 aliphatic rings. The van der Waals surface area contributed by atoms with Crippen LogP contribution in [-0.2, 0) is 11.8 Å². The average molecular weight is 502 g/mol. The molecule has 8 nitrogen and oxygen atoms in total. The molecule has 34 heavy (non-hydrogen) atoms. The Balaban J connectivity index is 1.66. The molecule has 0 spiro atoms. The molecule has 3 rings (SSSR count). The number of nitrogens with one attached hydrogen (secondary N) is 2. The van der Waals surface area contributed by atoms with Crippen molar-refractivity contribution in [3.63, 3.8) is 0 Å². The SMILES string of the molecule is COc1ccc(C(=O)NC(c2nnc(SCC(=O)Nc3cc(Cl)ccc3C)n2C)C(C)C)cc1. The number of ether oxygens (including phenoxy) is 1. The van der Waals surface area contributed by atoms with Crippen LogP contribution in [0.15, 0.2) is 47.6 Å². The summed E-state index contributed by atoms with van der Waals surface area (Å²) in [5.74, 6) is 1.13. The van der Waals surface area contributed by atoms with Crippen LogP contribution < -0.4 is 15.4 Å². The predicted molar refractivity (Wildman–Crippen MR) is 135 cm³/mol. The van der Waals surface area contributed by atoms with Gasteiger partial charge in [-0.15, -0.1) is 10.2 Å². The third kappa shape index (κ3) is 6.30. The van der Waals surface area contributed by atoms with E-state index in [1.165, 1.54) is 11.8 Å². The number of thioether (sulfide) groups is 1. The standard InChI is InChI=1S/C24H28ClN5O3S/c1-14(2)21(27-23(32)16-7-10-18(33-5)11-8-16)22-28-29-24(30(22)4)34-13-20(31)26-19-12-17(25)9-6-15(19)3/h6-12,14,21H,13H2,1-5H3,(H,26,31)(H,27,32). The van der Waals surface area contributed by atoms with Gasteiger partial charge in [-0.3, -0.25) is 9.59 Å². The first-order valence-electron chi connectivity index (χ1n) is 10.7. The highest BCUT2D eigenvalue weighted by molar-refractivity contribution is 7.99. The summed E-state index contributed by atoms with van der Waals surface area (Å²) in [7, 11) is 3.40. The Morgan fingerprint density at radius 2 is 1.85 bits per heavy atom. The van der Waals surface area contributed by atoms with Gasteiger partial charge in [-0.05, 0) is 54.8 Å². The summed E-state index contributed by atoms with van der Waals surface area (Å²) in [5.41, 5.74) is 2.13. The van der Waals surface area contributed by atoms with Gasteiger partial charge in [0, 0.05) is 23.3 Å². The minimum atomic E-state index is -0.357. The number of halogens is 1. The van der Waals surface area contributed by atoms with Crippen molar-refractivity contribution in [2.24, 2.45) is 13.0 Å². The number of methoxy groups -OCH3 is 1. The van der Waals surface area contributed by atoms with Gasteiger partial charge in [0.25, 0.3) is 5.91 Å². The maximum atomic E-state index is 12.8. The molecule has 1 heterocycles. The number of carbonyl (C=O) groups is 2. The van der Waals surface area contributed by atoms with Gasteiger partial charge in [-0.1, -0.05) is 43.3 Å². The van der Waals surface area contributed by atoms with E-state index in [0.717, 1.165) is 5.56 Å². The van der Waals surface area contributed by atoms with Gasteiger partial charge in [-0.2, -0.15) is 0 Å². The molecule has 2 aromatic carbocycles. The Bertz CT molecular complexity index is 1160. The highest BCUT2D eigenvalue weighted by Gasteiger charge is 2.25. The van der Waals surface area contributed by atoms with Crippen LogP contribution in [0.4, 0.5) is 5.69 Å². The lowest BCUT2D eigenvalue weighted by Gasteiger charge is -2.21. The van der Waals surface area contributed by atoms with Crippen molar-refractivity contribution in [3.05, 3.63) is 64.4 Å². The van der Waals surface area contributed by atoms with Gasteiger partial charge < -0.3 is 19.9 Å². The molecule has 180 valence electrons. The number of amides is 2. The lowest BCUT2D eigenvalue weighted by Crippen LogP contribution is -2.33. The highest BCUT2D eigenvalue weighted by atomic mass is 35.5. The van der Waals surface area contributed by atoms with Crippen LogP contribution in [0.3, 0.4) is 0 Å². The third-order valence-corrected chi connectivity index (χ3v) is 6.51. The Labute approximate surface area is 208 Å². The van der Waals surface area contributed by atoms with E-state index >= 15 is 0 Å².